The molecule has 2 aromatic carbocycles. The summed E-state index contributed by atoms with van der Waals surface area (Å²) in [5.41, 5.74) is 4.06. The fourth-order valence-corrected chi connectivity index (χ4v) is 4.92. The van der Waals surface area contributed by atoms with E-state index in [1.165, 1.54) is 22.2 Å². The highest BCUT2D eigenvalue weighted by Gasteiger charge is 2.19. The third-order valence-corrected chi connectivity index (χ3v) is 6.61. The van der Waals surface area contributed by atoms with Gasteiger partial charge in [0.05, 0.1) is 31.4 Å². The lowest BCUT2D eigenvalue weighted by molar-refractivity contribution is -0.119. The molecule has 2 heterocycles. The molecule has 7 nitrogen and oxygen atoms in total. The Kier molecular flexibility index (Phi) is 6.75. The van der Waals surface area contributed by atoms with Crippen molar-refractivity contribution in [3.63, 3.8) is 0 Å². The molecule has 1 amide bonds. The Bertz CT molecular complexity index is 1430. The molecular weight excluding hydrogens is 448 g/mol. The van der Waals surface area contributed by atoms with Gasteiger partial charge < -0.3 is 9.64 Å². The largest absolute Gasteiger partial charge is 0.497 e. The van der Waals surface area contributed by atoms with Crippen LogP contribution in [0, 0.1) is 25.2 Å². The molecule has 0 fully saturated rings. The van der Waals surface area contributed by atoms with Crippen LogP contribution in [-0.2, 0) is 11.3 Å². The van der Waals surface area contributed by atoms with E-state index in [1.807, 2.05) is 62.4 Å². The number of aromatic nitrogens is 2. The lowest BCUT2D eigenvalue weighted by Crippen LogP contribution is -2.37. The summed E-state index contributed by atoms with van der Waals surface area (Å²) in [6.07, 6.45) is 1.61. The van der Waals surface area contributed by atoms with Crippen molar-refractivity contribution in [2.45, 2.75) is 26.8 Å². The monoisotopic (exact) mass is 472 g/mol. The van der Waals surface area contributed by atoms with Gasteiger partial charge in [-0.3, -0.25) is 14.2 Å². The van der Waals surface area contributed by atoms with Gasteiger partial charge in [0.25, 0.3) is 5.56 Å². The van der Waals surface area contributed by atoms with E-state index in [2.05, 4.69) is 11.1 Å². The predicted molar refractivity (Wildman–Crippen MR) is 134 cm³/mol. The average Bonchev–Trinajstić information content (AvgIpc) is 3.26. The van der Waals surface area contributed by atoms with Gasteiger partial charge in [0.2, 0.25) is 5.91 Å². The minimum Gasteiger partial charge on any atom is -0.497 e. The molecule has 0 unspecified atom stereocenters. The third-order valence-electron chi connectivity index (χ3n) is 5.45. The second-order valence-corrected chi connectivity index (χ2v) is 9.08. The van der Waals surface area contributed by atoms with Crippen molar-refractivity contribution in [1.29, 1.82) is 5.26 Å². The van der Waals surface area contributed by atoms with Crippen LogP contribution >= 0.6 is 11.3 Å². The van der Waals surface area contributed by atoms with Crippen LogP contribution in [-0.4, -0.2) is 29.1 Å². The Morgan fingerprint density at radius 3 is 2.50 bits per heavy atom. The van der Waals surface area contributed by atoms with Crippen LogP contribution in [0.4, 0.5) is 5.69 Å². The highest BCUT2D eigenvalue weighted by molar-refractivity contribution is 7.22. The number of aryl methyl sites for hydroxylation is 2. The number of methoxy groups -OCH3 is 1. The van der Waals surface area contributed by atoms with Crippen LogP contribution in [0.2, 0.25) is 0 Å². The number of hydrogen-bond donors (Lipinski definition) is 0. The van der Waals surface area contributed by atoms with Crippen LogP contribution in [0.3, 0.4) is 0 Å². The first-order valence-electron chi connectivity index (χ1n) is 10.8. The zero-order chi connectivity index (χ0) is 24.2. The molecule has 0 radical (unpaired) electrons. The molecular formula is C26H24N4O3S. The number of rotatable bonds is 7. The molecule has 2 aromatic heterocycles. The van der Waals surface area contributed by atoms with Gasteiger partial charge in [-0.2, -0.15) is 5.26 Å². The maximum absolute atomic E-state index is 13.2. The molecule has 4 aromatic rings. The molecule has 172 valence electrons. The van der Waals surface area contributed by atoms with Gasteiger partial charge >= 0.3 is 0 Å². The van der Waals surface area contributed by atoms with E-state index >= 15 is 0 Å². The van der Waals surface area contributed by atoms with E-state index in [0.29, 0.717) is 10.2 Å². The fourth-order valence-electron chi connectivity index (χ4n) is 3.85. The van der Waals surface area contributed by atoms with Gasteiger partial charge in [0.1, 0.15) is 17.0 Å². The highest BCUT2D eigenvalue weighted by Crippen LogP contribution is 2.31. The van der Waals surface area contributed by atoms with Crippen LogP contribution in [0.5, 0.6) is 5.75 Å². The lowest BCUT2D eigenvalue weighted by atomic mass is 10.1. The topological polar surface area (TPSA) is 88.2 Å². The van der Waals surface area contributed by atoms with E-state index in [-0.39, 0.29) is 31.0 Å². The van der Waals surface area contributed by atoms with Crippen molar-refractivity contribution in [2.24, 2.45) is 0 Å². The van der Waals surface area contributed by atoms with Gasteiger partial charge in [0, 0.05) is 17.1 Å². The number of fused-ring (bicyclic) bond motifs is 1. The van der Waals surface area contributed by atoms with Crippen molar-refractivity contribution in [2.75, 3.05) is 18.6 Å². The van der Waals surface area contributed by atoms with Crippen molar-refractivity contribution >= 4 is 33.1 Å². The molecule has 4 rings (SSSR count). The Balaban J connectivity index is 1.64. The standard InChI is InChI=1S/C26H24N4O3S/c1-17-11-18(2)13-20(12-17)30(10-4-9-27)24(31)15-29-16-28-22-14-23(34-25(22)26(29)32)19-5-7-21(33-3)8-6-19/h5-8,11-14,16H,4,10,15H2,1-3H3. The normalized spacial score (nSPS) is 10.8. The van der Waals surface area contributed by atoms with Gasteiger partial charge in [-0.15, -0.1) is 11.3 Å². The van der Waals surface area contributed by atoms with Gasteiger partial charge in [-0.1, -0.05) is 6.07 Å². The second kappa shape index (κ2) is 9.89. The summed E-state index contributed by atoms with van der Waals surface area (Å²) >= 11 is 1.35. The molecule has 0 N–H and O–H groups in total. The van der Waals surface area contributed by atoms with E-state index in [0.717, 1.165) is 33.0 Å². The molecule has 0 bridgehead atoms. The number of hydrogen-bond acceptors (Lipinski definition) is 6. The summed E-state index contributed by atoms with van der Waals surface area (Å²) in [7, 11) is 1.61. The molecule has 0 aliphatic carbocycles. The Morgan fingerprint density at radius 1 is 1.15 bits per heavy atom. The van der Waals surface area contributed by atoms with E-state index < -0.39 is 0 Å². The fraction of sp³-hybridized carbons (Fsp3) is 0.231. The summed E-state index contributed by atoms with van der Waals surface area (Å²) in [6.45, 7) is 4.02. The summed E-state index contributed by atoms with van der Waals surface area (Å²) in [5.74, 6) is 0.490. The van der Waals surface area contributed by atoms with E-state index in [4.69, 9.17) is 10.00 Å². The number of amides is 1. The van der Waals surface area contributed by atoms with Gasteiger partial charge in [-0.25, -0.2) is 4.98 Å². The van der Waals surface area contributed by atoms with Gasteiger partial charge in [0.15, 0.2) is 0 Å². The summed E-state index contributed by atoms with van der Waals surface area (Å²) in [4.78, 5) is 33.3. The first-order valence-corrected chi connectivity index (χ1v) is 11.6. The van der Waals surface area contributed by atoms with Gasteiger partial charge in [-0.05, 0) is 73.0 Å². The van der Waals surface area contributed by atoms with Crippen molar-refractivity contribution in [3.05, 3.63) is 76.3 Å². The number of benzene rings is 2. The minimum atomic E-state index is -0.268. The van der Waals surface area contributed by atoms with Crippen molar-refractivity contribution < 1.29 is 9.53 Å². The maximum Gasteiger partial charge on any atom is 0.271 e. The number of carbonyl (C=O) groups excluding carboxylic acids is 1. The van der Waals surface area contributed by atoms with Crippen LogP contribution in [0.1, 0.15) is 17.5 Å². The number of thiophene rings is 1. The highest BCUT2D eigenvalue weighted by atomic mass is 32.1. The van der Waals surface area contributed by atoms with E-state index in [9.17, 15) is 9.59 Å². The molecule has 0 aliphatic heterocycles. The lowest BCUT2D eigenvalue weighted by Gasteiger charge is -2.23. The molecule has 0 spiro atoms. The quantitative estimate of drug-likeness (QED) is 0.389. The molecule has 0 saturated carbocycles. The zero-order valence-corrected chi connectivity index (χ0v) is 20.1. The third kappa shape index (κ3) is 4.85. The molecule has 0 saturated heterocycles. The number of carbonyl (C=O) groups is 1. The first kappa shape index (κ1) is 23.2. The van der Waals surface area contributed by atoms with Crippen LogP contribution in [0.15, 0.2) is 59.7 Å². The maximum atomic E-state index is 13.2. The van der Waals surface area contributed by atoms with Crippen molar-refractivity contribution in [3.8, 4) is 22.3 Å². The summed E-state index contributed by atoms with van der Waals surface area (Å²) in [6, 6.07) is 17.4. The number of anilines is 1. The predicted octanol–water partition coefficient (Wildman–Crippen LogP) is 4.70. The number of nitriles is 1. The smallest absolute Gasteiger partial charge is 0.271 e. The first-order chi connectivity index (χ1) is 16.4. The molecule has 0 atom stereocenters. The van der Waals surface area contributed by atoms with Crippen LogP contribution in [0.25, 0.3) is 20.7 Å². The number of ether oxygens (including phenoxy) is 1. The second-order valence-electron chi connectivity index (χ2n) is 8.03. The Morgan fingerprint density at radius 2 is 1.85 bits per heavy atom. The molecule has 34 heavy (non-hydrogen) atoms. The van der Waals surface area contributed by atoms with E-state index in [1.54, 1.807) is 12.0 Å². The SMILES string of the molecule is COc1ccc(-c2cc3ncn(CC(=O)N(CCC#N)c4cc(C)cc(C)c4)c(=O)c3s2)cc1. The number of nitrogens with zero attached hydrogens (tertiary/aromatic N) is 4. The molecule has 8 heteroatoms. The van der Waals surface area contributed by atoms with Crippen LogP contribution < -0.4 is 15.2 Å². The van der Waals surface area contributed by atoms with Crippen molar-refractivity contribution in [1.82, 2.24) is 9.55 Å². The molecule has 0 aliphatic rings. The minimum absolute atomic E-state index is 0.157. The Hall–Kier alpha value is -3.96. The Labute approximate surface area is 201 Å². The summed E-state index contributed by atoms with van der Waals surface area (Å²) in [5, 5.41) is 9.07. The summed E-state index contributed by atoms with van der Waals surface area (Å²) < 4.78 is 7.04. The zero-order valence-electron chi connectivity index (χ0n) is 19.2. The average molecular weight is 473 g/mol.